The van der Waals surface area contributed by atoms with Crippen LogP contribution >= 0.6 is 0 Å². The maximum Gasteiger partial charge on any atom is 0.257 e. The van der Waals surface area contributed by atoms with Crippen molar-refractivity contribution in [2.24, 2.45) is 0 Å². The molecule has 1 amide bonds. The van der Waals surface area contributed by atoms with Crippen LogP contribution < -0.4 is 11.1 Å². The van der Waals surface area contributed by atoms with Crippen molar-refractivity contribution in [2.75, 3.05) is 44.3 Å². The summed E-state index contributed by atoms with van der Waals surface area (Å²) in [5, 5.41) is 2.95. The predicted molar refractivity (Wildman–Crippen MR) is 149 cm³/mol. The third-order valence-corrected chi connectivity index (χ3v) is 6.70. The zero-order valence-electron chi connectivity index (χ0n) is 21.8. The monoisotopic (exact) mass is 506 g/mol. The topological polar surface area (TPSA) is 113 Å². The number of nitrogens with one attached hydrogen (secondary N) is 1. The van der Waals surface area contributed by atoms with Crippen molar-refractivity contribution in [3.63, 3.8) is 0 Å². The number of amides is 1. The molecule has 0 radical (unpaired) electrons. The summed E-state index contributed by atoms with van der Waals surface area (Å²) >= 11 is 0. The Morgan fingerprint density at radius 3 is 2.50 bits per heavy atom. The molecule has 0 unspecified atom stereocenters. The summed E-state index contributed by atoms with van der Waals surface area (Å²) in [5.41, 5.74) is 12.4. The first-order valence-electron chi connectivity index (χ1n) is 12.5. The van der Waals surface area contributed by atoms with Crippen molar-refractivity contribution >= 4 is 28.4 Å². The van der Waals surface area contributed by atoms with Crippen LogP contribution in [0.2, 0.25) is 0 Å². The Hall–Kier alpha value is -4.39. The minimum atomic E-state index is -0.253. The average Bonchev–Trinajstić information content (AvgIpc) is 2.92. The second kappa shape index (κ2) is 10.9. The molecule has 5 rings (SSSR count). The standard InChI is InChI=1S/C29H30N8O/c1-19-20(2)34-27-25(28(30)32-17-26(27)33-19)9-6-22-14-23(16-31-15-22)29(38)35-24-7-4-21(5-8-24)18-37-12-10-36(3)11-13-37/h4-5,7-8,14-17H,10-13,18H2,1-3H3,(H2,30,32)(H,35,38). The second-order valence-electron chi connectivity index (χ2n) is 9.59. The molecule has 4 heterocycles. The SMILES string of the molecule is Cc1nc2cnc(N)c(C#Cc3cncc(C(=O)Nc4ccc(CN5CCN(C)CC5)cc4)c3)c2nc1C. The molecular weight excluding hydrogens is 476 g/mol. The van der Waals surface area contributed by atoms with Crippen molar-refractivity contribution in [1.29, 1.82) is 0 Å². The molecule has 4 aromatic rings. The van der Waals surface area contributed by atoms with Gasteiger partial charge in [0.2, 0.25) is 0 Å². The molecule has 9 nitrogen and oxygen atoms in total. The van der Waals surface area contributed by atoms with E-state index in [4.69, 9.17) is 5.73 Å². The molecule has 3 N–H and O–H groups in total. The van der Waals surface area contributed by atoms with Crippen molar-refractivity contribution in [2.45, 2.75) is 20.4 Å². The van der Waals surface area contributed by atoms with Gasteiger partial charge in [0.15, 0.2) is 0 Å². The number of rotatable bonds is 4. The van der Waals surface area contributed by atoms with Crippen LogP contribution in [0, 0.1) is 25.7 Å². The van der Waals surface area contributed by atoms with Gasteiger partial charge in [-0.25, -0.2) is 15.0 Å². The number of carbonyl (C=O) groups excluding carboxylic acids is 1. The summed E-state index contributed by atoms with van der Waals surface area (Å²) in [7, 11) is 2.15. The number of benzene rings is 1. The van der Waals surface area contributed by atoms with E-state index < -0.39 is 0 Å². The van der Waals surface area contributed by atoms with Gasteiger partial charge in [-0.05, 0) is 44.7 Å². The highest BCUT2D eigenvalue weighted by Gasteiger charge is 2.14. The number of aromatic nitrogens is 4. The van der Waals surface area contributed by atoms with E-state index in [9.17, 15) is 4.79 Å². The van der Waals surface area contributed by atoms with E-state index in [1.54, 1.807) is 18.5 Å². The van der Waals surface area contributed by atoms with Crippen LogP contribution in [0.15, 0.2) is 48.9 Å². The van der Waals surface area contributed by atoms with Gasteiger partial charge >= 0.3 is 0 Å². The number of hydrogen-bond acceptors (Lipinski definition) is 8. The Morgan fingerprint density at radius 2 is 1.74 bits per heavy atom. The lowest BCUT2D eigenvalue weighted by Crippen LogP contribution is -2.43. The molecule has 1 saturated heterocycles. The van der Waals surface area contributed by atoms with E-state index in [-0.39, 0.29) is 11.7 Å². The van der Waals surface area contributed by atoms with E-state index in [0.29, 0.717) is 27.7 Å². The first kappa shape index (κ1) is 25.3. The quantitative estimate of drug-likeness (QED) is 0.406. The van der Waals surface area contributed by atoms with Crippen LogP contribution in [0.3, 0.4) is 0 Å². The van der Waals surface area contributed by atoms with Gasteiger partial charge in [0.1, 0.15) is 16.9 Å². The highest BCUT2D eigenvalue weighted by molar-refractivity contribution is 6.04. The van der Waals surface area contributed by atoms with E-state index in [0.717, 1.165) is 49.8 Å². The lowest BCUT2D eigenvalue weighted by atomic mass is 10.1. The number of hydrogen-bond donors (Lipinski definition) is 2. The number of nitrogens with zero attached hydrogens (tertiary/aromatic N) is 6. The summed E-state index contributed by atoms with van der Waals surface area (Å²) in [5.74, 6) is 6.13. The largest absolute Gasteiger partial charge is 0.383 e. The van der Waals surface area contributed by atoms with E-state index in [2.05, 4.69) is 66.1 Å². The maximum atomic E-state index is 12.9. The van der Waals surface area contributed by atoms with Gasteiger partial charge in [-0.3, -0.25) is 14.7 Å². The van der Waals surface area contributed by atoms with Gasteiger partial charge in [0.05, 0.1) is 28.7 Å². The minimum absolute atomic E-state index is 0.253. The number of anilines is 2. The molecule has 3 aromatic heterocycles. The molecule has 0 spiro atoms. The molecular formula is C29H30N8O. The minimum Gasteiger partial charge on any atom is -0.383 e. The molecule has 9 heteroatoms. The van der Waals surface area contributed by atoms with Gasteiger partial charge < -0.3 is 16.0 Å². The van der Waals surface area contributed by atoms with Crippen molar-refractivity contribution in [3.8, 4) is 11.8 Å². The third kappa shape index (κ3) is 5.78. The Morgan fingerprint density at radius 1 is 1.00 bits per heavy atom. The van der Waals surface area contributed by atoms with Gasteiger partial charge in [-0.2, -0.15) is 0 Å². The molecule has 1 aliphatic heterocycles. The molecule has 38 heavy (non-hydrogen) atoms. The molecule has 1 fully saturated rings. The number of nitrogens with two attached hydrogens (primary N) is 1. The van der Waals surface area contributed by atoms with Gasteiger partial charge in [0, 0.05) is 56.4 Å². The zero-order chi connectivity index (χ0) is 26.6. The Kier molecular flexibility index (Phi) is 7.26. The van der Waals surface area contributed by atoms with E-state index in [1.165, 1.54) is 11.8 Å². The molecule has 0 bridgehead atoms. The number of likely N-dealkylation sites (N-methyl/N-ethyl adjacent to an activating group) is 1. The number of carbonyl (C=O) groups is 1. The maximum absolute atomic E-state index is 12.9. The Bertz CT molecular complexity index is 1550. The molecule has 0 aliphatic carbocycles. The van der Waals surface area contributed by atoms with E-state index >= 15 is 0 Å². The number of nitrogen functional groups attached to an aromatic ring is 1. The summed E-state index contributed by atoms with van der Waals surface area (Å²) in [6, 6.07) is 9.68. The number of fused-ring (bicyclic) bond motifs is 1. The van der Waals surface area contributed by atoms with Crippen LogP contribution in [0.5, 0.6) is 0 Å². The van der Waals surface area contributed by atoms with Crippen LogP contribution in [-0.2, 0) is 6.54 Å². The summed E-state index contributed by atoms with van der Waals surface area (Å²) in [6.07, 6.45) is 4.72. The van der Waals surface area contributed by atoms with E-state index in [1.807, 2.05) is 26.0 Å². The summed E-state index contributed by atoms with van der Waals surface area (Å²) in [4.78, 5) is 35.3. The molecule has 192 valence electrons. The Balaban J connectivity index is 1.29. The first-order chi connectivity index (χ1) is 18.4. The molecule has 0 atom stereocenters. The average molecular weight is 507 g/mol. The first-order valence-corrected chi connectivity index (χ1v) is 12.5. The van der Waals surface area contributed by atoms with Crippen molar-refractivity contribution < 1.29 is 4.79 Å². The van der Waals surface area contributed by atoms with Gasteiger partial charge in [-0.1, -0.05) is 24.0 Å². The fourth-order valence-corrected chi connectivity index (χ4v) is 4.26. The zero-order valence-corrected chi connectivity index (χ0v) is 21.8. The second-order valence-corrected chi connectivity index (χ2v) is 9.59. The van der Waals surface area contributed by atoms with Crippen LogP contribution in [0.1, 0.15) is 38.4 Å². The normalized spacial score (nSPS) is 14.2. The van der Waals surface area contributed by atoms with Gasteiger partial charge in [-0.15, -0.1) is 0 Å². The smallest absolute Gasteiger partial charge is 0.257 e. The Labute approximate surface area is 222 Å². The lowest BCUT2D eigenvalue weighted by Gasteiger charge is -2.32. The highest BCUT2D eigenvalue weighted by atomic mass is 16.1. The molecule has 1 aromatic carbocycles. The van der Waals surface area contributed by atoms with Crippen LogP contribution in [-0.4, -0.2) is 68.9 Å². The predicted octanol–water partition coefficient (Wildman–Crippen LogP) is 3.02. The fourth-order valence-electron chi connectivity index (χ4n) is 4.26. The fraction of sp³-hybridized carbons (Fsp3) is 0.276. The van der Waals surface area contributed by atoms with Gasteiger partial charge in [0.25, 0.3) is 5.91 Å². The number of pyridine rings is 2. The van der Waals surface area contributed by atoms with Crippen molar-refractivity contribution in [1.82, 2.24) is 29.7 Å². The third-order valence-electron chi connectivity index (χ3n) is 6.70. The van der Waals surface area contributed by atoms with Crippen LogP contribution in [0.25, 0.3) is 11.0 Å². The highest BCUT2D eigenvalue weighted by Crippen LogP contribution is 2.20. The number of aryl methyl sites for hydroxylation is 2. The molecule has 1 aliphatic rings. The number of piperazine rings is 1. The van der Waals surface area contributed by atoms with Crippen LogP contribution in [0.4, 0.5) is 11.5 Å². The summed E-state index contributed by atoms with van der Waals surface area (Å²) < 4.78 is 0. The molecule has 0 saturated carbocycles. The summed E-state index contributed by atoms with van der Waals surface area (Å²) in [6.45, 7) is 9.01. The van der Waals surface area contributed by atoms with Crippen molar-refractivity contribution in [3.05, 3.63) is 82.6 Å². The lowest BCUT2D eigenvalue weighted by molar-refractivity contribution is 0.102.